The van der Waals surface area contributed by atoms with Crippen LogP contribution in [-0.2, 0) is 9.53 Å². The Labute approximate surface area is 68.9 Å². The molecule has 0 bridgehead atoms. The molecule has 0 radical (unpaired) electrons. The second-order valence-corrected chi connectivity index (χ2v) is 3.29. The average molecular weight is 158 g/mol. The predicted octanol–water partition coefficient (Wildman–Crippen LogP) is 2.03. The van der Waals surface area contributed by atoms with E-state index in [4.69, 9.17) is 4.74 Å². The van der Waals surface area contributed by atoms with Crippen LogP contribution in [0, 0.1) is 5.92 Å². The van der Waals surface area contributed by atoms with E-state index in [1.54, 1.807) is 14.0 Å². The number of rotatable bonds is 5. The lowest BCUT2D eigenvalue weighted by Gasteiger charge is -2.14. The summed E-state index contributed by atoms with van der Waals surface area (Å²) < 4.78 is 5.09. The Hall–Kier alpha value is -0.370. The van der Waals surface area contributed by atoms with Crippen molar-refractivity contribution < 1.29 is 9.53 Å². The summed E-state index contributed by atoms with van der Waals surface area (Å²) in [5, 5.41) is 0. The third-order valence-corrected chi connectivity index (χ3v) is 1.77. The Balaban J connectivity index is 3.51. The van der Waals surface area contributed by atoms with E-state index in [0.717, 1.165) is 6.42 Å². The molecule has 0 aliphatic rings. The molecule has 0 rings (SSSR count). The van der Waals surface area contributed by atoms with E-state index < -0.39 is 0 Å². The zero-order valence-corrected chi connectivity index (χ0v) is 7.89. The van der Waals surface area contributed by atoms with Crippen molar-refractivity contribution in [1.82, 2.24) is 0 Å². The van der Waals surface area contributed by atoms with Gasteiger partial charge in [-0.25, -0.2) is 0 Å². The average Bonchev–Trinajstić information content (AvgIpc) is 1.85. The quantitative estimate of drug-likeness (QED) is 0.612. The molecule has 2 heteroatoms. The maximum absolute atomic E-state index is 10.7. The monoisotopic (exact) mass is 158 g/mol. The minimum absolute atomic E-state index is 0.265. The Morgan fingerprint density at radius 1 is 1.45 bits per heavy atom. The van der Waals surface area contributed by atoms with Crippen LogP contribution in [0.5, 0.6) is 0 Å². The molecule has 0 saturated carbocycles. The van der Waals surface area contributed by atoms with Gasteiger partial charge in [-0.3, -0.25) is 0 Å². The van der Waals surface area contributed by atoms with Crippen LogP contribution in [0.25, 0.3) is 0 Å². The summed E-state index contributed by atoms with van der Waals surface area (Å²) in [6.45, 7) is 5.74. The Kier molecular flexibility index (Phi) is 5.12. The van der Waals surface area contributed by atoms with Gasteiger partial charge < -0.3 is 9.53 Å². The van der Waals surface area contributed by atoms with Crippen LogP contribution in [0.3, 0.4) is 0 Å². The van der Waals surface area contributed by atoms with Gasteiger partial charge in [0.2, 0.25) is 0 Å². The first kappa shape index (κ1) is 10.6. The van der Waals surface area contributed by atoms with Crippen molar-refractivity contribution in [3.63, 3.8) is 0 Å². The van der Waals surface area contributed by atoms with Gasteiger partial charge in [0, 0.05) is 13.5 Å². The minimum atomic E-state index is 0.265. The number of hydrogen-bond donors (Lipinski definition) is 0. The molecular weight excluding hydrogens is 140 g/mol. The minimum Gasteiger partial charge on any atom is -0.382 e. The Morgan fingerprint density at radius 2 is 2.00 bits per heavy atom. The largest absolute Gasteiger partial charge is 0.382 e. The molecule has 0 aromatic heterocycles. The van der Waals surface area contributed by atoms with E-state index in [0.29, 0.717) is 12.3 Å². The Bertz CT molecular complexity index is 121. The highest BCUT2D eigenvalue weighted by molar-refractivity contribution is 5.75. The molecule has 11 heavy (non-hydrogen) atoms. The fourth-order valence-electron chi connectivity index (χ4n) is 1.24. The zero-order valence-electron chi connectivity index (χ0n) is 7.89. The summed E-state index contributed by atoms with van der Waals surface area (Å²) in [5.74, 6) is 0.711. The summed E-state index contributed by atoms with van der Waals surface area (Å²) >= 11 is 0. The van der Waals surface area contributed by atoms with E-state index >= 15 is 0 Å². The van der Waals surface area contributed by atoms with Crippen molar-refractivity contribution in [2.45, 2.75) is 39.7 Å². The van der Waals surface area contributed by atoms with E-state index in [2.05, 4.69) is 6.92 Å². The highest BCUT2D eigenvalue weighted by Gasteiger charge is 2.09. The van der Waals surface area contributed by atoms with Gasteiger partial charge in [0.05, 0.1) is 6.10 Å². The molecule has 2 unspecified atom stereocenters. The lowest BCUT2D eigenvalue weighted by atomic mass is 9.99. The number of ether oxygens (including phenoxy) is 1. The van der Waals surface area contributed by atoms with Gasteiger partial charge in [-0.15, -0.1) is 0 Å². The zero-order chi connectivity index (χ0) is 8.85. The standard InChI is InChI=1S/C9H18O2/c1-7(5-8(2)10)6-9(3)11-4/h7,9H,5-6H2,1-4H3. The van der Waals surface area contributed by atoms with E-state index in [-0.39, 0.29) is 11.9 Å². The van der Waals surface area contributed by atoms with Gasteiger partial charge in [0.1, 0.15) is 5.78 Å². The van der Waals surface area contributed by atoms with Crippen molar-refractivity contribution in [1.29, 1.82) is 0 Å². The lowest BCUT2D eigenvalue weighted by molar-refractivity contribution is -0.117. The molecule has 66 valence electrons. The summed E-state index contributed by atoms with van der Waals surface area (Å²) in [7, 11) is 1.70. The first-order chi connectivity index (χ1) is 5.06. The van der Waals surface area contributed by atoms with Crippen molar-refractivity contribution in [2.24, 2.45) is 5.92 Å². The molecule has 0 aliphatic heterocycles. The summed E-state index contributed by atoms with van der Waals surface area (Å²) in [5.41, 5.74) is 0. The Morgan fingerprint density at radius 3 is 2.36 bits per heavy atom. The van der Waals surface area contributed by atoms with Gasteiger partial charge >= 0.3 is 0 Å². The number of Topliss-reactive ketones (excluding diaryl/α,β-unsaturated/α-hetero) is 1. The maximum Gasteiger partial charge on any atom is 0.130 e. The topological polar surface area (TPSA) is 26.3 Å². The van der Waals surface area contributed by atoms with Crippen molar-refractivity contribution in [3.05, 3.63) is 0 Å². The SMILES string of the molecule is COC(C)CC(C)CC(C)=O. The number of ketones is 1. The molecule has 2 atom stereocenters. The third-order valence-electron chi connectivity index (χ3n) is 1.77. The van der Waals surface area contributed by atoms with Gasteiger partial charge in [0.15, 0.2) is 0 Å². The van der Waals surface area contributed by atoms with Crippen LogP contribution < -0.4 is 0 Å². The number of carbonyl (C=O) groups is 1. The number of carbonyl (C=O) groups excluding carboxylic acids is 1. The fraction of sp³-hybridized carbons (Fsp3) is 0.889. The van der Waals surface area contributed by atoms with Crippen molar-refractivity contribution in [3.8, 4) is 0 Å². The van der Waals surface area contributed by atoms with Crippen LogP contribution in [0.1, 0.15) is 33.6 Å². The van der Waals surface area contributed by atoms with E-state index in [1.165, 1.54) is 0 Å². The molecule has 0 amide bonds. The second-order valence-electron chi connectivity index (χ2n) is 3.29. The molecule has 0 aromatic rings. The van der Waals surface area contributed by atoms with Crippen LogP contribution in [0.2, 0.25) is 0 Å². The van der Waals surface area contributed by atoms with Crippen LogP contribution in [0.4, 0.5) is 0 Å². The fourth-order valence-corrected chi connectivity index (χ4v) is 1.24. The highest BCUT2D eigenvalue weighted by atomic mass is 16.5. The molecule has 0 saturated heterocycles. The van der Waals surface area contributed by atoms with Crippen LogP contribution in [0.15, 0.2) is 0 Å². The highest BCUT2D eigenvalue weighted by Crippen LogP contribution is 2.11. The number of methoxy groups -OCH3 is 1. The molecule has 0 fully saturated rings. The third kappa shape index (κ3) is 6.05. The van der Waals surface area contributed by atoms with Crippen molar-refractivity contribution >= 4 is 5.78 Å². The van der Waals surface area contributed by atoms with Gasteiger partial charge in [-0.05, 0) is 26.2 Å². The van der Waals surface area contributed by atoms with E-state index in [9.17, 15) is 4.79 Å². The van der Waals surface area contributed by atoms with Crippen LogP contribution >= 0.6 is 0 Å². The maximum atomic E-state index is 10.7. The van der Waals surface area contributed by atoms with Crippen molar-refractivity contribution in [2.75, 3.05) is 7.11 Å². The normalized spacial score (nSPS) is 16.0. The molecule has 0 aromatic carbocycles. The summed E-state index contributed by atoms with van der Waals surface area (Å²) in [6.07, 6.45) is 1.91. The van der Waals surface area contributed by atoms with E-state index in [1.807, 2.05) is 6.92 Å². The van der Waals surface area contributed by atoms with Gasteiger partial charge in [0.25, 0.3) is 0 Å². The van der Waals surface area contributed by atoms with Gasteiger partial charge in [-0.2, -0.15) is 0 Å². The van der Waals surface area contributed by atoms with Crippen LogP contribution in [-0.4, -0.2) is 19.0 Å². The molecule has 0 spiro atoms. The smallest absolute Gasteiger partial charge is 0.130 e. The lowest BCUT2D eigenvalue weighted by Crippen LogP contribution is -2.12. The molecule has 0 N–H and O–H groups in total. The first-order valence-corrected chi connectivity index (χ1v) is 4.08. The number of hydrogen-bond acceptors (Lipinski definition) is 2. The molecular formula is C9H18O2. The first-order valence-electron chi connectivity index (χ1n) is 4.08. The molecule has 2 nitrogen and oxygen atoms in total. The predicted molar refractivity (Wildman–Crippen MR) is 45.6 cm³/mol. The second kappa shape index (κ2) is 5.30. The molecule has 0 heterocycles. The summed E-state index contributed by atoms with van der Waals surface area (Å²) in [4.78, 5) is 10.7. The van der Waals surface area contributed by atoms with Gasteiger partial charge in [-0.1, -0.05) is 6.92 Å². The molecule has 0 aliphatic carbocycles. The summed E-state index contributed by atoms with van der Waals surface area (Å²) in [6, 6.07) is 0.